The molecule has 0 aliphatic rings. The molecule has 0 atom stereocenters. The Kier molecular flexibility index (Phi) is 5.33. The van der Waals surface area contributed by atoms with Gasteiger partial charge in [-0.1, -0.05) is 50.7 Å². The zero-order chi connectivity index (χ0) is 19.8. The number of aryl methyl sites for hydroxylation is 1. The number of nitrogens with one attached hydrogen (secondary N) is 1. The fourth-order valence-corrected chi connectivity index (χ4v) is 4.27. The van der Waals surface area contributed by atoms with Crippen LogP contribution >= 0.6 is 11.8 Å². The van der Waals surface area contributed by atoms with Crippen molar-refractivity contribution in [1.29, 1.82) is 0 Å². The fourth-order valence-electron chi connectivity index (χ4n) is 3.20. The predicted octanol–water partition coefficient (Wildman–Crippen LogP) is 5.69. The van der Waals surface area contributed by atoms with E-state index in [0.717, 1.165) is 33.1 Å². The van der Waals surface area contributed by atoms with E-state index >= 15 is 0 Å². The summed E-state index contributed by atoms with van der Waals surface area (Å²) in [5, 5.41) is 0.893. The van der Waals surface area contributed by atoms with Crippen molar-refractivity contribution in [3.05, 3.63) is 52.6 Å². The van der Waals surface area contributed by atoms with Crippen LogP contribution in [0.3, 0.4) is 0 Å². The number of hydrogen-bond donors (Lipinski definition) is 1. The minimum atomic E-state index is -0.289. The molecule has 27 heavy (non-hydrogen) atoms. The first-order valence-corrected chi connectivity index (χ1v) is 10.0. The summed E-state index contributed by atoms with van der Waals surface area (Å²) in [4.78, 5) is 19.7. The van der Waals surface area contributed by atoms with E-state index in [1.807, 2.05) is 31.2 Å². The molecule has 0 bridgehead atoms. The Morgan fingerprint density at radius 3 is 2.56 bits per heavy atom. The minimum Gasteiger partial charge on any atom is -0.426 e. The van der Waals surface area contributed by atoms with Gasteiger partial charge in [-0.25, -0.2) is 4.98 Å². The first-order valence-electron chi connectivity index (χ1n) is 9.06. The number of carbonyl (C=O) groups is 1. The van der Waals surface area contributed by atoms with Crippen molar-refractivity contribution >= 4 is 28.8 Å². The van der Waals surface area contributed by atoms with Gasteiger partial charge in [0.1, 0.15) is 5.75 Å². The lowest BCUT2D eigenvalue weighted by Crippen LogP contribution is -2.17. The number of benzene rings is 2. The number of para-hydroxylation sites is 2. The SMILES string of the molecule is CC(=O)Oc1c(C(C)(C)C)cc(C)c(CSc2nc3ccccc3[nH]2)c1C. The van der Waals surface area contributed by atoms with Gasteiger partial charge < -0.3 is 9.72 Å². The van der Waals surface area contributed by atoms with Crippen molar-refractivity contribution in [2.24, 2.45) is 0 Å². The average Bonchev–Trinajstić information content (AvgIpc) is 2.98. The molecule has 3 aromatic rings. The van der Waals surface area contributed by atoms with E-state index < -0.39 is 0 Å². The highest BCUT2D eigenvalue weighted by Crippen LogP contribution is 2.39. The van der Waals surface area contributed by atoms with Crippen LogP contribution in [0.5, 0.6) is 5.75 Å². The molecule has 0 saturated carbocycles. The highest BCUT2D eigenvalue weighted by molar-refractivity contribution is 7.98. The van der Waals surface area contributed by atoms with Crippen molar-refractivity contribution < 1.29 is 9.53 Å². The van der Waals surface area contributed by atoms with Crippen LogP contribution in [-0.2, 0) is 16.0 Å². The molecule has 5 heteroatoms. The third-order valence-electron chi connectivity index (χ3n) is 4.65. The monoisotopic (exact) mass is 382 g/mol. The second-order valence-corrected chi connectivity index (χ2v) is 8.83. The molecule has 0 amide bonds. The second-order valence-electron chi connectivity index (χ2n) is 7.87. The molecule has 0 unspecified atom stereocenters. The minimum absolute atomic E-state index is 0.106. The molecule has 0 saturated heterocycles. The lowest BCUT2D eigenvalue weighted by Gasteiger charge is -2.26. The summed E-state index contributed by atoms with van der Waals surface area (Å²) in [6.45, 7) is 12.0. The smallest absolute Gasteiger partial charge is 0.308 e. The number of carbonyl (C=O) groups excluding carboxylic acids is 1. The molecule has 4 nitrogen and oxygen atoms in total. The number of esters is 1. The first-order chi connectivity index (χ1) is 12.7. The normalized spacial score (nSPS) is 11.8. The van der Waals surface area contributed by atoms with E-state index in [-0.39, 0.29) is 11.4 Å². The standard InChI is InChI=1S/C22H26N2O2S/c1-13-11-17(22(4,5)6)20(26-15(3)25)14(2)16(13)12-27-21-23-18-9-7-8-10-19(18)24-21/h7-11H,12H2,1-6H3,(H,23,24). The number of fused-ring (bicyclic) bond motifs is 1. The van der Waals surface area contributed by atoms with Crippen LogP contribution in [-0.4, -0.2) is 15.9 Å². The van der Waals surface area contributed by atoms with Crippen molar-refractivity contribution in [3.8, 4) is 5.75 Å². The van der Waals surface area contributed by atoms with E-state index in [1.165, 1.54) is 18.1 Å². The molecule has 1 aromatic heterocycles. The van der Waals surface area contributed by atoms with Gasteiger partial charge in [-0.15, -0.1) is 0 Å². The summed E-state index contributed by atoms with van der Waals surface area (Å²) in [7, 11) is 0. The molecule has 0 aliphatic heterocycles. The summed E-state index contributed by atoms with van der Waals surface area (Å²) in [6.07, 6.45) is 0. The summed E-state index contributed by atoms with van der Waals surface area (Å²) in [5.41, 5.74) is 6.38. The molecule has 0 fully saturated rings. The number of imidazole rings is 1. The Morgan fingerprint density at radius 2 is 1.93 bits per heavy atom. The molecule has 1 heterocycles. The highest BCUT2D eigenvalue weighted by atomic mass is 32.2. The van der Waals surface area contributed by atoms with Gasteiger partial charge in [0.25, 0.3) is 0 Å². The lowest BCUT2D eigenvalue weighted by atomic mass is 9.83. The van der Waals surface area contributed by atoms with Crippen LogP contribution in [0.25, 0.3) is 11.0 Å². The third-order valence-corrected chi connectivity index (χ3v) is 5.55. The Bertz CT molecular complexity index is 966. The number of H-pyrrole nitrogens is 1. The molecule has 2 aromatic carbocycles. The Morgan fingerprint density at radius 1 is 1.22 bits per heavy atom. The van der Waals surface area contributed by atoms with Gasteiger partial charge in [-0.05, 0) is 48.1 Å². The number of aromatic nitrogens is 2. The fraction of sp³-hybridized carbons (Fsp3) is 0.364. The lowest BCUT2D eigenvalue weighted by molar-refractivity contribution is -0.132. The Labute approximate surface area is 164 Å². The van der Waals surface area contributed by atoms with Crippen molar-refractivity contribution in [1.82, 2.24) is 9.97 Å². The maximum Gasteiger partial charge on any atom is 0.308 e. The summed E-state index contributed by atoms with van der Waals surface area (Å²) >= 11 is 1.66. The molecule has 0 radical (unpaired) electrons. The zero-order valence-electron chi connectivity index (χ0n) is 16.8. The van der Waals surface area contributed by atoms with E-state index in [9.17, 15) is 4.79 Å². The van der Waals surface area contributed by atoms with Crippen LogP contribution in [0, 0.1) is 13.8 Å². The summed E-state index contributed by atoms with van der Waals surface area (Å²) < 4.78 is 5.63. The van der Waals surface area contributed by atoms with Gasteiger partial charge in [0.15, 0.2) is 5.16 Å². The highest BCUT2D eigenvalue weighted by Gasteiger charge is 2.24. The van der Waals surface area contributed by atoms with Gasteiger partial charge in [0.2, 0.25) is 0 Å². The maximum atomic E-state index is 11.7. The van der Waals surface area contributed by atoms with Gasteiger partial charge in [-0.2, -0.15) is 0 Å². The Hall–Kier alpha value is -2.27. The van der Waals surface area contributed by atoms with Crippen LogP contribution in [0.1, 0.15) is 49.9 Å². The zero-order valence-corrected chi connectivity index (χ0v) is 17.6. The molecule has 1 N–H and O–H groups in total. The van der Waals surface area contributed by atoms with Crippen LogP contribution < -0.4 is 4.74 Å². The first kappa shape index (κ1) is 19.5. The Balaban J connectivity index is 1.95. The number of nitrogens with zero attached hydrogens (tertiary/aromatic N) is 1. The van der Waals surface area contributed by atoms with E-state index in [1.54, 1.807) is 11.8 Å². The molecular formula is C22H26N2O2S. The molecule has 3 rings (SSSR count). The number of aromatic amines is 1. The van der Waals surface area contributed by atoms with Crippen molar-refractivity contribution in [3.63, 3.8) is 0 Å². The number of rotatable bonds is 4. The van der Waals surface area contributed by atoms with Crippen molar-refractivity contribution in [2.45, 2.75) is 57.9 Å². The molecule has 142 valence electrons. The predicted molar refractivity (Wildman–Crippen MR) is 112 cm³/mol. The van der Waals surface area contributed by atoms with Crippen LogP contribution in [0.4, 0.5) is 0 Å². The third kappa shape index (κ3) is 4.19. The van der Waals surface area contributed by atoms with Gasteiger partial charge in [0.05, 0.1) is 11.0 Å². The van der Waals surface area contributed by atoms with Gasteiger partial charge in [-0.3, -0.25) is 4.79 Å². The van der Waals surface area contributed by atoms with E-state index in [4.69, 9.17) is 4.74 Å². The van der Waals surface area contributed by atoms with E-state index in [0.29, 0.717) is 5.75 Å². The number of hydrogen-bond acceptors (Lipinski definition) is 4. The number of ether oxygens (including phenoxy) is 1. The van der Waals surface area contributed by atoms with E-state index in [2.05, 4.69) is 43.7 Å². The quantitative estimate of drug-likeness (QED) is 0.357. The topological polar surface area (TPSA) is 55.0 Å². The van der Waals surface area contributed by atoms with Crippen LogP contribution in [0.2, 0.25) is 0 Å². The molecule has 0 aliphatic carbocycles. The second kappa shape index (κ2) is 7.39. The summed E-state index contributed by atoms with van der Waals surface area (Å²) in [5.74, 6) is 1.17. The average molecular weight is 383 g/mol. The van der Waals surface area contributed by atoms with Crippen LogP contribution in [0.15, 0.2) is 35.5 Å². The number of thioether (sulfide) groups is 1. The van der Waals surface area contributed by atoms with Gasteiger partial charge in [0, 0.05) is 18.2 Å². The molecular weight excluding hydrogens is 356 g/mol. The molecule has 0 spiro atoms. The van der Waals surface area contributed by atoms with Crippen molar-refractivity contribution in [2.75, 3.05) is 0 Å². The van der Waals surface area contributed by atoms with Gasteiger partial charge >= 0.3 is 5.97 Å². The largest absolute Gasteiger partial charge is 0.426 e. The maximum absolute atomic E-state index is 11.7. The summed E-state index contributed by atoms with van der Waals surface area (Å²) in [6, 6.07) is 10.2.